The number of carbonyl (C=O) groups excluding carboxylic acids is 2. The van der Waals surface area contributed by atoms with Gasteiger partial charge >= 0.3 is 6.03 Å². The van der Waals surface area contributed by atoms with Gasteiger partial charge in [0.1, 0.15) is 0 Å². The van der Waals surface area contributed by atoms with E-state index in [2.05, 4.69) is 16.1 Å². The fourth-order valence-electron chi connectivity index (χ4n) is 5.12. The van der Waals surface area contributed by atoms with Gasteiger partial charge < -0.3 is 10.2 Å². The van der Waals surface area contributed by atoms with Crippen molar-refractivity contribution in [1.82, 2.24) is 10.0 Å². The van der Waals surface area contributed by atoms with Crippen LogP contribution < -0.4 is 14.9 Å². The number of nitrogens with one attached hydrogen (secondary N) is 2. The predicted octanol–water partition coefficient (Wildman–Crippen LogP) is 6.09. The number of hydrogen-bond donors (Lipinski definition) is 2. The van der Waals surface area contributed by atoms with Gasteiger partial charge in [0.05, 0.1) is 11.4 Å². The van der Waals surface area contributed by atoms with Gasteiger partial charge in [-0.2, -0.15) is 0 Å². The largest absolute Gasteiger partial charge is 0.337 e. The first-order valence-corrected chi connectivity index (χ1v) is 15.3. The Balaban J connectivity index is 1.41. The van der Waals surface area contributed by atoms with Crippen LogP contribution in [0.3, 0.4) is 0 Å². The Morgan fingerprint density at radius 2 is 1.44 bits per heavy atom. The van der Waals surface area contributed by atoms with Crippen molar-refractivity contribution in [2.24, 2.45) is 0 Å². The van der Waals surface area contributed by atoms with Crippen molar-refractivity contribution in [2.45, 2.75) is 44.0 Å². The number of anilines is 1. The van der Waals surface area contributed by atoms with Crippen LogP contribution in [-0.2, 0) is 29.4 Å². The van der Waals surface area contributed by atoms with Crippen molar-refractivity contribution in [1.29, 1.82) is 0 Å². The summed E-state index contributed by atoms with van der Waals surface area (Å²) in [4.78, 5) is 27.8. The van der Waals surface area contributed by atoms with E-state index < -0.39 is 16.1 Å². The Kier molecular flexibility index (Phi) is 8.50. The van der Waals surface area contributed by atoms with Gasteiger partial charge in [0.25, 0.3) is 15.9 Å². The summed E-state index contributed by atoms with van der Waals surface area (Å²) in [5.41, 5.74) is 5.85. The molecule has 4 aromatic rings. The lowest BCUT2D eigenvalue weighted by atomic mass is 9.94. The molecule has 41 heavy (non-hydrogen) atoms. The van der Waals surface area contributed by atoms with Crippen LogP contribution in [0.1, 0.15) is 46.8 Å². The van der Waals surface area contributed by atoms with Crippen LogP contribution in [0.15, 0.2) is 102 Å². The summed E-state index contributed by atoms with van der Waals surface area (Å²) in [6.07, 6.45) is 3.29. The van der Waals surface area contributed by atoms with Crippen molar-refractivity contribution < 1.29 is 18.0 Å². The molecule has 0 unspecified atom stereocenters. The number of fused-ring (bicyclic) bond motifs is 2. The molecule has 1 aliphatic heterocycles. The highest BCUT2D eigenvalue weighted by atomic mass is 32.2. The SMILES string of the molecule is CCCCNC(=O)NS(=O)(=O)c1ccccc1-c1ccc(CN2C(=O)c3ccccc3CCc3ccccc32)cc1. The number of para-hydroxylation sites is 1. The number of unbranched alkanes of at least 4 members (excludes halogenated alkanes) is 1. The smallest absolute Gasteiger partial charge is 0.328 e. The number of sulfonamides is 1. The van der Waals surface area contributed by atoms with E-state index in [0.717, 1.165) is 48.1 Å². The highest BCUT2D eigenvalue weighted by Crippen LogP contribution is 2.31. The minimum absolute atomic E-state index is 0.0165. The van der Waals surface area contributed by atoms with Crippen LogP contribution in [0.25, 0.3) is 11.1 Å². The number of nitrogens with zero attached hydrogens (tertiary/aromatic N) is 1. The molecule has 0 radical (unpaired) electrons. The summed E-state index contributed by atoms with van der Waals surface area (Å²) >= 11 is 0. The van der Waals surface area contributed by atoms with Crippen LogP contribution in [0.4, 0.5) is 10.5 Å². The summed E-state index contributed by atoms with van der Waals surface area (Å²) in [6.45, 7) is 2.75. The molecule has 1 aliphatic rings. The molecule has 0 bridgehead atoms. The van der Waals surface area contributed by atoms with Gasteiger partial charge in [0, 0.05) is 23.4 Å². The lowest BCUT2D eigenvalue weighted by Crippen LogP contribution is -2.39. The molecule has 7 nitrogen and oxygen atoms in total. The molecule has 3 amide bonds. The van der Waals surface area contributed by atoms with E-state index in [0.29, 0.717) is 29.8 Å². The first-order chi connectivity index (χ1) is 19.9. The van der Waals surface area contributed by atoms with Gasteiger partial charge in [0.15, 0.2) is 0 Å². The zero-order valence-corrected chi connectivity index (χ0v) is 23.8. The maximum Gasteiger partial charge on any atom is 0.328 e. The summed E-state index contributed by atoms with van der Waals surface area (Å²) in [7, 11) is -4.10. The first-order valence-electron chi connectivity index (χ1n) is 13.8. The minimum Gasteiger partial charge on any atom is -0.337 e. The lowest BCUT2D eigenvalue weighted by molar-refractivity contribution is 0.0983. The predicted molar refractivity (Wildman–Crippen MR) is 161 cm³/mol. The number of rotatable bonds is 8. The molecule has 4 aromatic carbocycles. The standard InChI is InChI=1S/C33H33N3O4S/c1-2-3-22-34-33(38)35-41(39,40)31-15-9-7-12-28(31)26-18-16-24(17-19-26)23-36-30-14-8-5-11-27(30)21-20-25-10-4-6-13-29(25)32(36)37/h4-19H,2-3,20-23H2,1H3,(H2,34,35,38). The molecule has 0 fully saturated rings. The number of amides is 3. The number of urea groups is 1. The third kappa shape index (κ3) is 6.33. The lowest BCUT2D eigenvalue weighted by Gasteiger charge is -2.28. The molecule has 0 saturated heterocycles. The van der Waals surface area contributed by atoms with Gasteiger partial charge in [-0.25, -0.2) is 17.9 Å². The van der Waals surface area contributed by atoms with E-state index in [1.807, 2.05) is 78.6 Å². The molecule has 8 heteroatoms. The molecule has 2 N–H and O–H groups in total. The van der Waals surface area contributed by atoms with Crippen molar-refractivity contribution in [2.75, 3.05) is 11.4 Å². The number of benzene rings is 4. The Bertz CT molecular complexity index is 1670. The molecule has 0 aromatic heterocycles. The van der Waals surface area contributed by atoms with E-state index >= 15 is 0 Å². The Morgan fingerprint density at radius 3 is 2.20 bits per heavy atom. The Morgan fingerprint density at radius 1 is 0.805 bits per heavy atom. The minimum atomic E-state index is -4.10. The second kappa shape index (κ2) is 12.4. The fourth-order valence-corrected chi connectivity index (χ4v) is 6.28. The molecule has 5 rings (SSSR count). The summed E-state index contributed by atoms with van der Waals surface area (Å²) in [5, 5.41) is 2.58. The second-order valence-electron chi connectivity index (χ2n) is 10.1. The highest BCUT2D eigenvalue weighted by Gasteiger charge is 2.25. The monoisotopic (exact) mass is 567 g/mol. The van der Waals surface area contributed by atoms with E-state index in [9.17, 15) is 18.0 Å². The van der Waals surface area contributed by atoms with E-state index in [1.54, 1.807) is 18.2 Å². The summed E-state index contributed by atoms with van der Waals surface area (Å²) < 4.78 is 28.3. The molecule has 210 valence electrons. The van der Waals surface area contributed by atoms with Crippen molar-refractivity contribution in [3.8, 4) is 11.1 Å². The zero-order valence-electron chi connectivity index (χ0n) is 23.0. The Labute approximate surface area is 241 Å². The molecule has 0 spiro atoms. The van der Waals surface area contributed by atoms with Gasteiger partial charge in [0.2, 0.25) is 0 Å². The molecule has 0 atom stereocenters. The summed E-state index contributed by atoms with van der Waals surface area (Å²) in [5.74, 6) is -0.0449. The van der Waals surface area contributed by atoms with E-state index in [1.165, 1.54) is 6.07 Å². The third-order valence-corrected chi connectivity index (χ3v) is 8.65. The van der Waals surface area contributed by atoms with E-state index in [4.69, 9.17) is 0 Å². The average Bonchev–Trinajstić information content (AvgIpc) is 2.98. The van der Waals surface area contributed by atoms with E-state index in [-0.39, 0.29) is 10.8 Å². The van der Waals surface area contributed by atoms with Crippen LogP contribution in [0, 0.1) is 0 Å². The van der Waals surface area contributed by atoms with Gasteiger partial charge in [-0.15, -0.1) is 0 Å². The zero-order chi connectivity index (χ0) is 28.8. The van der Waals surface area contributed by atoms with Gasteiger partial charge in [-0.1, -0.05) is 92.2 Å². The molecular weight excluding hydrogens is 534 g/mol. The average molecular weight is 568 g/mol. The normalized spacial score (nSPS) is 13.0. The number of hydrogen-bond acceptors (Lipinski definition) is 4. The van der Waals surface area contributed by atoms with Crippen LogP contribution in [0.5, 0.6) is 0 Å². The summed E-state index contributed by atoms with van der Waals surface area (Å²) in [6, 6.07) is 29.1. The molecular formula is C33H33N3O4S. The molecule has 0 saturated carbocycles. The quantitative estimate of drug-likeness (QED) is 0.252. The van der Waals surface area contributed by atoms with Crippen LogP contribution in [-0.4, -0.2) is 26.9 Å². The van der Waals surface area contributed by atoms with Crippen molar-refractivity contribution in [3.63, 3.8) is 0 Å². The maximum atomic E-state index is 13.8. The van der Waals surface area contributed by atoms with Crippen LogP contribution in [0.2, 0.25) is 0 Å². The second-order valence-corrected chi connectivity index (χ2v) is 11.7. The topological polar surface area (TPSA) is 95.6 Å². The molecule has 1 heterocycles. The maximum absolute atomic E-state index is 13.8. The molecule has 0 aliphatic carbocycles. The van der Waals surface area contributed by atoms with Crippen molar-refractivity contribution in [3.05, 3.63) is 119 Å². The number of aryl methyl sites for hydroxylation is 2. The fraction of sp³-hybridized carbons (Fsp3) is 0.212. The van der Waals surface area contributed by atoms with Crippen LogP contribution >= 0.6 is 0 Å². The van der Waals surface area contributed by atoms with Gasteiger partial charge in [-0.3, -0.25) is 4.79 Å². The first kappa shape index (κ1) is 28.1. The highest BCUT2D eigenvalue weighted by molar-refractivity contribution is 7.90. The van der Waals surface area contributed by atoms with Gasteiger partial charge in [-0.05, 0) is 59.7 Å². The number of carbonyl (C=O) groups is 2. The van der Waals surface area contributed by atoms with Crippen molar-refractivity contribution >= 4 is 27.6 Å². The third-order valence-electron chi connectivity index (χ3n) is 7.26. The Hall–Kier alpha value is -4.43.